The molecule has 218 valence electrons. The number of amides is 1. The molecule has 7 nitrogen and oxygen atoms in total. The van der Waals surface area contributed by atoms with Crippen LogP contribution in [0.25, 0.3) is 0 Å². The molecule has 0 aliphatic carbocycles. The average Bonchev–Trinajstić information content (AvgIpc) is 3.14. The van der Waals surface area contributed by atoms with Crippen molar-refractivity contribution in [2.75, 3.05) is 20.2 Å². The van der Waals surface area contributed by atoms with Crippen LogP contribution in [0, 0.1) is 0 Å². The summed E-state index contributed by atoms with van der Waals surface area (Å²) in [5, 5.41) is 2.90. The van der Waals surface area contributed by atoms with Crippen LogP contribution >= 0.6 is 0 Å². The molecule has 0 aromatic heterocycles. The number of esters is 1. The Morgan fingerprint density at radius 3 is 2.20 bits per heavy atom. The quantitative estimate of drug-likeness (QED) is 0.340. The Hall–Kier alpha value is -3.89. The molecule has 1 aliphatic rings. The van der Waals surface area contributed by atoms with Gasteiger partial charge in [0.1, 0.15) is 18.5 Å². The number of benzene rings is 3. The molecule has 10 heteroatoms. The van der Waals surface area contributed by atoms with Gasteiger partial charge in [-0.05, 0) is 54.8 Å². The lowest BCUT2D eigenvalue weighted by Crippen LogP contribution is -2.51. The van der Waals surface area contributed by atoms with Gasteiger partial charge in [0.05, 0.1) is 6.04 Å². The Kier molecular flexibility index (Phi) is 10.4. The number of ether oxygens (including phenoxy) is 3. The first-order chi connectivity index (χ1) is 19.7. The van der Waals surface area contributed by atoms with Crippen LogP contribution in [-0.2, 0) is 27.4 Å². The van der Waals surface area contributed by atoms with Gasteiger partial charge < -0.3 is 19.5 Å². The van der Waals surface area contributed by atoms with Crippen molar-refractivity contribution in [3.8, 4) is 5.75 Å². The number of carbonyl (C=O) groups excluding carboxylic acids is 2. The molecule has 1 aliphatic heterocycles. The smallest absolute Gasteiger partial charge is 0.425 e. The van der Waals surface area contributed by atoms with Crippen LogP contribution in [0.1, 0.15) is 34.3 Å². The van der Waals surface area contributed by atoms with Gasteiger partial charge >= 0.3 is 12.1 Å². The second-order valence-electron chi connectivity index (χ2n) is 9.87. The summed E-state index contributed by atoms with van der Waals surface area (Å²) in [5.41, 5.74) is 2.39. The lowest BCUT2D eigenvalue weighted by Gasteiger charge is -2.30. The molecule has 3 aromatic rings. The Morgan fingerprint density at radius 1 is 0.951 bits per heavy atom. The van der Waals surface area contributed by atoms with Gasteiger partial charge in [-0.3, -0.25) is 9.69 Å². The summed E-state index contributed by atoms with van der Waals surface area (Å²) in [5.74, 6) is -1.38. The molecular weight excluding hydrogens is 537 g/mol. The third kappa shape index (κ3) is 8.80. The molecule has 3 aromatic carbocycles. The maximum Gasteiger partial charge on any atom is 0.425 e. The normalized spacial score (nSPS) is 18.6. The first-order valence-corrected chi connectivity index (χ1v) is 13.4. The summed E-state index contributed by atoms with van der Waals surface area (Å²) >= 11 is 0. The van der Waals surface area contributed by atoms with Crippen LogP contribution in [0.15, 0.2) is 84.9 Å². The number of hydrogen-bond acceptors (Lipinski definition) is 6. The van der Waals surface area contributed by atoms with E-state index in [0.717, 1.165) is 18.2 Å². The zero-order valence-electron chi connectivity index (χ0n) is 22.7. The van der Waals surface area contributed by atoms with Crippen molar-refractivity contribution >= 4 is 11.9 Å². The average molecular weight is 571 g/mol. The Morgan fingerprint density at radius 2 is 1.59 bits per heavy atom. The Bertz CT molecular complexity index is 1260. The fourth-order valence-electron chi connectivity index (χ4n) is 4.74. The molecular formula is C31H33F3N2O5. The van der Waals surface area contributed by atoms with Crippen LogP contribution in [0.2, 0.25) is 0 Å². The zero-order valence-corrected chi connectivity index (χ0v) is 22.7. The van der Waals surface area contributed by atoms with E-state index in [1.165, 1.54) is 0 Å². The summed E-state index contributed by atoms with van der Waals surface area (Å²) < 4.78 is 55.4. The SMILES string of the molecule is CO[C@H](C(=O)O[C@@H]1CCCN(Cc2ccccc2)C[C@H]1NC(=O)c1ccc(OCc2ccccc2)cc1)C(F)(F)F. The van der Waals surface area contributed by atoms with Crippen molar-refractivity contribution in [1.82, 2.24) is 10.2 Å². The molecule has 1 fully saturated rings. The van der Waals surface area contributed by atoms with Gasteiger partial charge in [-0.1, -0.05) is 60.7 Å². The predicted octanol–water partition coefficient (Wildman–Crippen LogP) is 5.15. The minimum absolute atomic E-state index is 0.278. The zero-order chi connectivity index (χ0) is 29.2. The topological polar surface area (TPSA) is 77.1 Å². The number of nitrogens with zero attached hydrogens (tertiary/aromatic N) is 1. The highest BCUT2D eigenvalue weighted by Crippen LogP contribution is 2.26. The number of rotatable bonds is 10. The number of carbonyl (C=O) groups is 2. The molecule has 41 heavy (non-hydrogen) atoms. The highest BCUT2D eigenvalue weighted by atomic mass is 19.4. The minimum Gasteiger partial charge on any atom is -0.489 e. The van der Waals surface area contributed by atoms with Gasteiger partial charge in [0.2, 0.25) is 0 Å². The third-order valence-corrected chi connectivity index (χ3v) is 6.81. The van der Waals surface area contributed by atoms with E-state index in [-0.39, 0.29) is 13.0 Å². The van der Waals surface area contributed by atoms with Crippen molar-refractivity contribution in [2.24, 2.45) is 0 Å². The monoisotopic (exact) mass is 570 g/mol. The van der Waals surface area contributed by atoms with Gasteiger partial charge in [0.25, 0.3) is 12.0 Å². The lowest BCUT2D eigenvalue weighted by atomic mass is 10.1. The number of likely N-dealkylation sites (tertiary alicyclic amines) is 1. The predicted molar refractivity (Wildman–Crippen MR) is 146 cm³/mol. The van der Waals surface area contributed by atoms with Crippen LogP contribution in [0.4, 0.5) is 13.2 Å². The number of nitrogens with one attached hydrogen (secondary N) is 1. The molecule has 0 unspecified atom stereocenters. The van der Waals surface area contributed by atoms with E-state index < -0.39 is 36.3 Å². The van der Waals surface area contributed by atoms with Crippen LogP contribution < -0.4 is 10.1 Å². The van der Waals surface area contributed by atoms with E-state index >= 15 is 0 Å². The molecule has 0 saturated carbocycles. The van der Waals surface area contributed by atoms with E-state index in [2.05, 4.69) is 15.0 Å². The third-order valence-electron chi connectivity index (χ3n) is 6.81. The van der Waals surface area contributed by atoms with Crippen molar-refractivity contribution in [3.63, 3.8) is 0 Å². The summed E-state index contributed by atoms with van der Waals surface area (Å²) in [7, 11) is 0.806. The van der Waals surface area contributed by atoms with Gasteiger partial charge in [0.15, 0.2) is 0 Å². The van der Waals surface area contributed by atoms with Crippen LogP contribution in [-0.4, -0.2) is 61.4 Å². The second-order valence-corrected chi connectivity index (χ2v) is 9.87. The van der Waals surface area contributed by atoms with Crippen LogP contribution in [0.3, 0.4) is 0 Å². The molecule has 0 bridgehead atoms. The highest BCUT2D eigenvalue weighted by Gasteiger charge is 2.48. The molecule has 1 amide bonds. The number of methoxy groups -OCH3 is 1. The van der Waals surface area contributed by atoms with E-state index in [4.69, 9.17) is 9.47 Å². The van der Waals surface area contributed by atoms with Gasteiger partial charge in [-0.15, -0.1) is 0 Å². The number of halogens is 3. The van der Waals surface area contributed by atoms with E-state index in [9.17, 15) is 22.8 Å². The summed E-state index contributed by atoms with van der Waals surface area (Å²) in [6.07, 6.45) is -7.75. The largest absolute Gasteiger partial charge is 0.489 e. The Labute approximate surface area is 237 Å². The number of hydrogen-bond donors (Lipinski definition) is 1. The Balaban J connectivity index is 1.46. The molecule has 4 rings (SSSR count). The lowest BCUT2D eigenvalue weighted by molar-refractivity contribution is -0.227. The van der Waals surface area contributed by atoms with E-state index in [0.29, 0.717) is 37.4 Å². The molecule has 0 radical (unpaired) electrons. The first-order valence-electron chi connectivity index (χ1n) is 13.4. The van der Waals surface area contributed by atoms with Crippen molar-refractivity contribution in [2.45, 2.75) is 50.4 Å². The van der Waals surface area contributed by atoms with Gasteiger partial charge in [-0.25, -0.2) is 4.79 Å². The fourth-order valence-corrected chi connectivity index (χ4v) is 4.74. The second kappa shape index (κ2) is 14.1. The van der Waals surface area contributed by atoms with Crippen molar-refractivity contribution in [3.05, 3.63) is 102 Å². The maximum absolute atomic E-state index is 13.3. The molecule has 1 N–H and O–H groups in total. The maximum atomic E-state index is 13.3. The van der Waals surface area contributed by atoms with Gasteiger partial charge in [-0.2, -0.15) is 13.2 Å². The highest BCUT2D eigenvalue weighted by molar-refractivity contribution is 5.94. The van der Waals surface area contributed by atoms with Crippen molar-refractivity contribution in [1.29, 1.82) is 0 Å². The molecule has 0 spiro atoms. The van der Waals surface area contributed by atoms with E-state index in [1.54, 1.807) is 24.3 Å². The molecule has 1 heterocycles. The standard InChI is InChI=1S/C31H33F3N2O5/c1-39-28(31(32,33)34)30(38)41-27-13-8-18-36(19-22-9-4-2-5-10-22)20-26(27)35-29(37)24-14-16-25(17-15-24)40-21-23-11-6-3-7-12-23/h2-7,9-12,14-17,26-28H,8,13,18-21H2,1H3,(H,35,37)/t26-,27-,28-/m1/s1. The fraction of sp³-hybridized carbons (Fsp3) is 0.355. The van der Waals surface area contributed by atoms with Crippen LogP contribution in [0.5, 0.6) is 5.75 Å². The summed E-state index contributed by atoms with van der Waals surface area (Å²) in [6, 6.07) is 25.2. The summed E-state index contributed by atoms with van der Waals surface area (Å²) in [6.45, 7) is 1.85. The van der Waals surface area contributed by atoms with Gasteiger partial charge in [0, 0.05) is 25.8 Å². The molecule has 1 saturated heterocycles. The number of alkyl halides is 3. The van der Waals surface area contributed by atoms with Crippen molar-refractivity contribution < 1.29 is 37.0 Å². The summed E-state index contributed by atoms with van der Waals surface area (Å²) in [4.78, 5) is 27.8. The van der Waals surface area contributed by atoms with E-state index in [1.807, 2.05) is 60.7 Å². The first kappa shape index (κ1) is 30.1. The molecule has 3 atom stereocenters. The minimum atomic E-state index is -4.92.